The van der Waals surface area contributed by atoms with E-state index in [1.54, 1.807) is 0 Å². The van der Waals surface area contributed by atoms with E-state index in [0.717, 1.165) is 57.0 Å². The number of hydrogen-bond acceptors (Lipinski definition) is 4. The lowest BCUT2D eigenvalue weighted by Crippen LogP contribution is -2.49. The molecule has 0 bridgehead atoms. The number of hydrogen-bond donors (Lipinski definition) is 1. The van der Waals surface area contributed by atoms with E-state index in [4.69, 9.17) is 0 Å². The zero-order chi connectivity index (χ0) is 14.8. The van der Waals surface area contributed by atoms with Gasteiger partial charge in [-0.2, -0.15) is 0 Å². The zero-order valence-corrected chi connectivity index (χ0v) is 13.0. The molecule has 1 saturated heterocycles. The van der Waals surface area contributed by atoms with Gasteiger partial charge in [0, 0.05) is 25.6 Å². The highest BCUT2D eigenvalue weighted by atomic mass is 16.2. The second-order valence-electron chi connectivity index (χ2n) is 6.43. The molecule has 1 N–H and O–H groups in total. The van der Waals surface area contributed by atoms with Crippen LogP contribution in [-0.2, 0) is 18.4 Å². The predicted octanol–water partition coefficient (Wildman–Crippen LogP) is 1.00. The Labute approximate surface area is 125 Å². The third-order valence-electron chi connectivity index (χ3n) is 4.88. The summed E-state index contributed by atoms with van der Waals surface area (Å²) < 4.78 is 2.04. The first-order valence-electron chi connectivity index (χ1n) is 8.01. The number of amides is 1. The Hall–Kier alpha value is -1.43. The van der Waals surface area contributed by atoms with Crippen LogP contribution in [-0.4, -0.2) is 44.7 Å². The molecular formula is C15H25N5O. The predicted molar refractivity (Wildman–Crippen MR) is 79.5 cm³/mol. The lowest BCUT2D eigenvalue weighted by Gasteiger charge is -2.34. The second kappa shape index (κ2) is 6.13. The van der Waals surface area contributed by atoms with Gasteiger partial charge in [-0.3, -0.25) is 9.69 Å². The molecule has 2 heterocycles. The number of piperidine rings is 1. The Morgan fingerprint density at radius 3 is 2.71 bits per heavy atom. The topological polar surface area (TPSA) is 63.1 Å². The molecule has 0 radical (unpaired) electrons. The van der Waals surface area contributed by atoms with Crippen LogP contribution < -0.4 is 5.32 Å². The Balaban J connectivity index is 1.53. The molecule has 0 spiro atoms. The standard InChI is InChI=1S/C15H25N5O/c1-11-17-18-14(19(11)2)10-20-8-4-7-13(9-20)16-15(21)12-5-3-6-12/h12-13H,3-10H2,1-2H3,(H,16,21). The summed E-state index contributed by atoms with van der Waals surface area (Å²) in [5.74, 6) is 2.49. The third kappa shape index (κ3) is 3.26. The summed E-state index contributed by atoms with van der Waals surface area (Å²) in [4.78, 5) is 14.4. The van der Waals surface area contributed by atoms with Gasteiger partial charge < -0.3 is 9.88 Å². The SMILES string of the molecule is Cc1nnc(CN2CCCC(NC(=O)C3CCC3)C2)n1C. The molecule has 1 aliphatic heterocycles. The number of carbonyl (C=O) groups excluding carboxylic acids is 1. The van der Waals surface area contributed by atoms with Crippen molar-refractivity contribution < 1.29 is 4.79 Å². The molecule has 2 aliphatic rings. The van der Waals surface area contributed by atoms with Gasteiger partial charge in [-0.1, -0.05) is 6.42 Å². The highest BCUT2D eigenvalue weighted by molar-refractivity contribution is 5.79. The van der Waals surface area contributed by atoms with E-state index < -0.39 is 0 Å². The summed E-state index contributed by atoms with van der Waals surface area (Å²) >= 11 is 0. The average Bonchev–Trinajstić information content (AvgIpc) is 2.69. The molecule has 1 saturated carbocycles. The number of nitrogens with zero attached hydrogens (tertiary/aromatic N) is 4. The first-order valence-corrected chi connectivity index (χ1v) is 8.01. The summed E-state index contributed by atoms with van der Waals surface area (Å²) in [6.07, 6.45) is 5.57. The van der Waals surface area contributed by atoms with Crippen LogP contribution in [0.3, 0.4) is 0 Å². The zero-order valence-electron chi connectivity index (χ0n) is 13.0. The molecular weight excluding hydrogens is 266 g/mol. The van der Waals surface area contributed by atoms with Gasteiger partial charge in [-0.15, -0.1) is 10.2 Å². The van der Waals surface area contributed by atoms with E-state index in [9.17, 15) is 4.79 Å². The molecule has 21 heavy (non-hydrogen) atoms. The Morgan fingerprint density at radius 1 is 1.29 bits per heavy atom. The minimum Gasteiger partial charge on any atom is -0.352 e. The quantitative estimate of drug-likeness (QED) is 0.899. The maximum Gasteiger partial charge on any atom is 0.223 e. The number of aryl methyl sites for hydroxylation is 1. The number of likely N-dealkylation sites (tertiary alicyclic amines) is 1. The highest BCUT2D eigenvalue weighted by Crippen LogP contribution is 2.26. The summed E-state index contributed by atoms with van der Waals surface area (Å²) in [6, 6.07) is 0.293. The molecule has 6 nitrogen and oxygen atoms in total. The van der Waals surface area contributed by atoms with E-state index in [2.05, 4.69) is 20.4 Å². The van der Waals surface area contributed by atoms with Crippen LogP contribution >= 0.6 is 0 Å². The van der Waals surface area contributed by atoms with Gasteiger partial charge in [-0.05, 0) is 39.2 Å². The highest BCUT2D eigenvalue weighted by Gasteiger charge is 2.29. The van der Waals surface area contributed by atoms with Gasteiger partial charge in [0.15, 0.2) is 0 Å². The van der Waals surface area contributed by atoms with Crippen molar-refractivity contribution in [3.8, 4) is 0 Å². The van der Waals surface area contributed by atoms with Crippen molar-refractivity contribution in [3.63, 3.8) is 0 Å². The van der Waals surface area contributed by atoms with Gasteiger partial charge in [0.25, 0.3) is 0 Å². The molecule has 6 heteroatoms. The van der Waals surface area contributed by atoms with Crippen LogP contribution in [0, 0.1) is 12.8 Å². The van der Waals surface area contributed by atoms with Crippen molar-refractivity contribution >= 4 is 5.91 Å². The molecule has 1 atom stereocenters. The van der Waals surface area contributed by atoms with Crippen LogP contribution in [0.1, 0.15) is 43.8 Å². The molecule has 2 fully saturated rings. The molecule has 1 unspecified atom stereocenters. The van der Waals surface area contributed by atoms with Gasteiger partial charge in [0.05, 0.1) is 6.54 Å². The van der Waals surface area contributed by atoms with E-state index in [1.807, 2.05) is 18.5 Å². The molecule has 116 valence electrons. The lowest BCUT2D eigenvalue weighted by molar-refractivity contribution is -0.128. The first-order chi connectivity index (χ1) is 10.1. The average molecular weight is 291 g/mol. The minimum absolute atomic E-state index is 0.266. The van der Waals surface area contributed by atoms with Gasteiger partial charge >= 0.3 is 0 Å². The fraction of sp³-hybridized carbons (Fsp3) is 0.800. The van der Waals surface area contributed by atoms with E-state index in [1.165, 1.54) is 6.42 Å². The maximum atomic E-state index is 12.1. The monoisotopic (exact) mass is 291 g/mol. The number of carbonyl (C=O) groups is 1. The van der Waals surface area contributed by atoms with Crippen LogP contribution in [0.4, 0.5) is 0 Å². The normalized spacial score (nSPS) is 23.8. The molecule has 1 aromatic rings. The minimum atomic E-state index is 0.266. The van der Waals surface area contributed by atoms with Crippen LogP contribution in [0.5, 0.6) is 0 Å². The molecule has 0 aromatic carbocycles. The van der Waals surface area contributed by atoms with Gasteiger partial charge in [-0.25, -0.2) is 0 Å². The van der Waals surface area contributed by atoms with Crippen molar-refractivity contribution in [1.82, 2.24) is 25.0 Å². The van der Waals surface area contributed by atoms with Crippen molar-refractivity contribution in [2.45, 2.75) is 51.6 Å². The van der Waals surface area contributed by atoms with E-state index in [0.29, 0.717) is 6.04 Å². The molecule has 1 aromatic heterocycles. The van der Waals surface area contributed by atoms with E-state index in [-0.39, 0.29) is 11.8 Å². The summed E-state index contributed by atoms with van der Waals surface area (Å²) in [5, 5.41) is 11.6. The van der Waals surface area contributed by atoms with Crippen LogP contribution in [0.25, 0.3) is 0 Å². The van der Waals surface area contributed by atoms with Gasteiger partial charge in [0.2, 0.25) is 5.91 Å². The van der Waals surface area contributed by atoms with Crippen molar-refractivity contribution in [2.24, 2.45) is 13.0 Å². The summed E-state index contributed by atoms with van der Waals surface area (Å²) in [7, 11) is 2.00. The first kappa shape index (κ1) is 14.5. The Kier molecular flexibility index (Phi) is 4.24. The number of aromatic nitrogens is 3. The fourth-order valence-corrected chi connectivity index (χ4v) is 3.10. The maximum absolute atomic E-state index is 12.1. The second-order valence-corrected chi connectivity index (χ2v) is 6.43. The van der Waals surface area contributed by atoms with Crippen molar-refractivity contribution in [2.75, 3.05) is 13.1 Å². The van der Waals surface area contributed by atoms with E-state index >= 15 is 0 Å². The van der Waals surface area contributed by atoms with Crippen LogP contribution in [0.15, 0.2) is 0 Å². The smallest absolute Gasteiger partial charge is 0.223 e. The molecule has 1 aliphatic carbocycles. The summed E-state index contributed by atoms with van der Waals surface area (Å²) in [5.41, 5.74) is 0. The van der Waals surface area contributed by atoms with Gasteiger partial charge in [0.1, 0.15) is 11.6 Å². The Morgan fingerprint density at radius 2 is 2.10 bits per heavy atom. The lowest BCUT2D eigenvalue weighted by atomic mass is 9.84. The summed E-state index contributed by atoms with van der Waals surface area (Å²) in [6.45, 7) is 4.77. The largest absolute Gasteiger partial charge is 0.352 e. The Bertz CT molecular complexity index is 508. The fourth-order valence-electron chi connectivity index (χ4n) is 3.10. The van der Waals surface area contributed by atoms with Crippen LogP contribution in [0.2, 0.25) is 0 Å². The number of nitrogens with one attached hydrogen (secondary N) is 1. The van der Waals surface area contributed by atoms with Crippen molar-refractivity contribution in [1.29, 1.82) is 0 Å². The molecule has 3 rings (SSSR count). The molecule has 1 amide bonds. The number of rotatable bonds is 4. The third-order valence-corrected chi connectivity index (χ3v) is 4.88. The van der Waals surface area contributed by atoms with Crippen molar-refractivity contribution in [3.05, 3.63) is 11.6 Å².